The van der Waals surface area contributed by atoms with Crippen LogP contribution in [-0.2, 0) is 5.11 Å². The molecule has 0 aliphatic carbocycles. The van der Waals surface area contributed by atoms with E-state index in [4.69, 9.17) is 0 Å². The molecule has 0 fully saturated rings. The van der Waals surface area contributed by atoms with Crippen LogP contribution >= 0.6 is 22.6 Å². The molecule has 0 spiro atoms. The summed E-state index contributed by atoms with van der Waals surface area (Å²) < 4.78 is 1.17. The first-order valence-corrected chi connectivity index (χ1v) is 4.19. The van der Waals surface area contributed by atoms with Crippen LogP contribution in [-0.4, -0.2) is 0 Å². The van der Waals surface area contributed by atoms with E-state index in [0.717, 1.165) is 5.56 Å². The molecule has 0 amide bonds. The summed E-state index contributed by atoms with van der Waals surface area (Å²) >= 11 is 2.22. The molecule has 1 radical (unpaired) electrons. The molecular weight excluding hydrogens is 239 g/mol. The maximum Gasteiger partial charge on any atom is 0.115 e. The van der Waals surface area contributed by atoms with Gasteiger partial charge in [-0.1, -0.05) is 12.1 Å². The average molecular weight is 247 g/mol. The molecule has 1 rings (SSSR count). The van der Waals surface area contributed by atoms with E-state index in [1.165, 1.54) is 3.57 Å². The van der Waals surface area contributed by atoms with Gasteiger partial charge in [-0.25, -0.2) is 5.11 Å². The second-order valence-corrected chi connectivity index (χ2v) is 3.44. The summed E-state index contributed by atoms with van der Waals surface area (Å²) in [4.78, 5) is 0. The van der Waals surface area contributed by atoms with Crippen LogP contribution in [0.1, 0.15) is 18.6 Å². The summed E-state index contributed by atoms with van der Waals surface area (Å²) in [7, 11) is 0. The maximum atomic E-state index is 10.8. The van der Waals surface area contributed by atoms with Crippen molar-refractivity contribution in [1.29, 1.82) is 0 Å². The maximum absolute atomic E-state index is 10.8. The molecule has 0 N–H and O–H groups in total. The molecule has 1 aromatic carbocycles. The summed E-state index contributed by atoms with van der Waals surface area (Å²) in [5.74, 6) is 0. The van der Waals surface area contributed by atoms with E-state index in [0.29, 0.717) is 0 Å². The van der Waals surface area contributed by atoms with Crippen LogP contribution in [0.15, 0.2) is 24.3 Å². The van der Waals surface area contributed by atoms with E-state index >= 15 is 0 Å². The number of hydrogen-bond donors (Lipinski definition) is 0. The number of rotatable bonds is 1. The van der Waals surface area contributed by atoms with E-state index in [1.807, 2.05) is 24.3 Å². The van der Waals surface area contributed by atoms with Crippen molar-refractivity contribution in [3.8, 4) is 0 Å². The van der Waals surface area contributed by atoms with Crippen molar-refractivity contribution in [2.45, 2.75) is 13.0 Å². The molecule has 1 nitrogen and oxygen atoms in total. The third kappa shape index (κ3) is 1.95. The molecule has 0 saturated carbocycles. The van der Waals surface area contributed by atoms with Gasteiger partial charge in [-0.3, -0.25) is 0 Å². The zero-order chi connectivity index (χ0) is 7.56. The highest BCUT2D eigenvalue weighted by Crippen LogP contribution is 2.13. The van der Waals surface area contributed by atoms with Gasteiger partial charge >= 0.3 is 0 Å². The van der Waals surface area contributed by atoms with E-state index in [2.05, 4.69) is 22.6 Å². The Balaban J connectivity index is 2.89. The van der Waals surface area contributed by atoms with E-state index in [1.54, 1.807) is 6.92 Å². The number of benzene rings is 1. The number of hydrogen-bond acceptors (Lipinski definition) is 0. The summed E-state index contributed by atoms with van der Waals surface area (Å²) in [5.41, 5.74) is 0.861. The van der Waals surface area contributed by atoms with Crippen molar-refractivity contribution >= 4 is 22.6 Å². The lowest BCUT2D eigenvalue weighted by atomic mass is 10.1. The molecule has 0 saturated heterocycles. The Bertz CT molecular complexity index is 203. The topological polar surface area (TPSA) is 19.9 Å². The molecule has 10 heavy (non-hydrogen) atoms. The fraction of sp³-hybridized carbons (Fsp3) is 0.250. The van der Waals surface area contributed by atoms with Crippen LogP contribution in [0.2, 0.25) is 0 Å². The fourth-order valence-corrected chi connectivity index (χ4v) is 1.09. The molecule has 0 aliphatic rings. The first-order chi connectivity index (χ1) is 4.70. The minimum absolute atomic E-state index is 0.600. The Kier molecular flexibility index (Phi) is 2.68. The van der Waals surface area contributed by atoms with Crippen LogP contribution in [0, 0.1) is 3.57 Å². The lowest BCUT2D eigenvalue weighted by Crippen LogP contribution is -1.87. The zero-order valence-corrected chi connectivity index (χ0v) is 7.83. The summed E-state index contributed by atoms with van der Waals surface area (Å²) in [5, 5.41) is 10.8. The van der Waals surface area contributed by atoms with Crippen molar-refractivity contribution in [2.75, 3.05) is 0 Å². The van der Waals surface area contributed by atoms with Crippen LogP contribution in [0.4, 0.5) is 0 Å². The van der Waals surface area contributed by atoms with Crippen LogP contribution < -0.4 is 0 Å². The second-order valence-electron chi connectivity index (χ2n) is 2.19. The first-order valence-electron chi connectivity index (χ1n) is 3.11. The predicted molar refractivity (Wildman–Crippen MR) is 48.3 cm³/mol. The standard InChI is InChI=1S/C8H8IO/c1-6(10)7-2-4-8(9)5-3-7/h2-6H,1H3. The lowest BCUT2D eigenvalue weighted by Gasteiger charge is -2.00. The Labute approximate surface area is 74.2 Å². The van der Waals surface area contributed by atoms with E-state index in [9.17, 15) is 5.11 Å². The molecule has 0 bridgehead atoms. The van der Waals surface area contributed by atoms with Crippen molar-refractivity contribution < 1.29 is 5.11 Å². The SMILES string of the molecule is CC([O])c1ccc(I)cc1. The van der Waals surface area contributed by atoms with Gasteiger partial charge in [0.25, 0.3) is 0 Å². The normalized spacial score (nSPS) is 13.1. The van der Waals surface area contributed by atoms with Gasteiger partial charge in [0.2, 0.25) is 0 Å². The van der Waals surface area contributed by atoms with Crippen molar-refractivity contribution in [2.24, 2.45) is 0 Å². The molecule has 1 atom stereocenters. The molecule has 1 aromatic rings. The first kappa shape index (κ1) is 8.01. The Morgan fingerprint density at radius 3 is 2.20 bits per heavy atom. The Hall–Kier alpha value is -0.0900. The second kappa shape index (κ2) is 3.34. The Morgan fingerprint density at radius 1 is 1.30 bits per heavy atom. The minimum atomic E-state index is -0.600. The van der Waals surface area contributed by atoms with Crippen LogP contribution in [0.3, 0.4) is 0 Å². The predicted octanol–water partition coefficient (Wildman–Crippen LogP) is 2.78. The average Bonchev–Trinajstić information content (AvgIpc) is 1.88. The molecule has 1 unspecified atom stereocenters. The molecule has 2 heteroatoms. The smallest absolute Gasteiger partial charge is 0.115 e. The summed E-state index contributed by atoms with van der Waals surface area (Å²) in [6.45, 7) is 1.65. The third-order valence-electron chi connectivity index (χ3n) is 1.34. The van der Waals surface area contributed by atoms with Gasteiger partial charge in [-0.2, -0.15) is 0 Å². The molecule has 0 aliphatic heterocycles. The molecule has 0 aromatic heterocycles. The number of halogens is 1. The van der Waals surface area contributed by atoms with Gasteiger partial charge in [0.1, 0.15) is 6.10 Å². The monoisotopic (exact) mass is 247 g/mol. The highest BCUT2D eigenvalue weighted by Gasteiger charge is 1.99. The van der Waals surface area contributed by atoms with E-state index in [-0.39, 0.29) is 0 Å². The molecule has 53 valence electrons. The lowest BCUT2D eigenvalue weighted by molar-refractivity contribution is 0.106. The van der Waals surface area contributed by atoms with E-state index < -0.39 is 6.10 Å². The Morgan fingerprint density at radius 2 is 1.80 bits per heavy atom. The zero-order valence-electron chi connectivity index (χ0n) is 5.67. The largest absolute Gasteiger partial charge is 0.228 e. The van der Waals surface area contributed by atoms with Gasteiger partial charge in [-0.05, 0) is 47.2 Å². The fourth-order valence-electron chi connectivity index (χ4n) is 0.734. The van der Waals surface area contributed by atoms with Crippen molar-refractivity contribution in [3.05, 3.63) is 33.4 Å². The van der Waals surface area contributed by atoms with Gasteiger partial charge in [0, 0.05) is 3.57 Å². The van der Waals surface area contributed by atoms with Crippen LogP contribution in [0.5, 0.6) is 0 Å². The highest BCUT2D eigenvalue weighted by molar-refractivity contribution is 14.1. The van der Waals surface area contributed by atoms with Gasteiger partial charge < -0.3 is 0 Å². The molecular formula is C8H8IO. The third-order valence-corrected chi connectivity index (χ3v) is 2.06. The van der Waals surface area contributed by atoms with Gasteiger partial charge in [-0.15, -0.1) is 0 Å². The minimum Gasteiger partial charge on any atom is -0.228 e. The summed E-state index contributed by atoms with van der Waals surface area (Å²) in [6.07, 6.45) is -0.600. The quantitative estimate of drug-likeness (QED) is 0.680. The van der Waals surface area contributed by atoms with Gasteiger partial charge in [0.05, 0.1) is 0 Å². The molecule has 0 heterocycles. The van der Waals surface area contributed by atoms with Crippen molar-refractivity contribution in [3.63, 3.8) is 0 Å². The highest BCUT2D eigenvalue weighted by atomic mass is 127. The summed E-state index contributed by atoms with van der Waals surface area (Å²) in [6, 6.07) is 7.65. The van der Waals surface area contributed by atoms with Gasteiger partial charge in [0.15, 0.2) is 0 Å². The van der Waals surface area contributed by atoms with Crippen molar-refractivity contribution in [1.82, 2.24) is 0 Å². The van der Waals surface area contributed by atoms with Crippen LogP contribution in [0.25, 0.3) is 0 Å².